The molecule has 0 spiro atoms. The van der Waals surface area contributed by atoms with Crippen LogP contribution in [0.5, 0.6) is 0 Å². The lowest BCUT2D eigenvalue weighted by molar-refractivity contribution is 0.150. The van der Waals surface area contributed by atoms with Gasteiger partial charge in [0.25, 0.3) is 6.43 Å². The summed E-state index contributed by atoms with van der Waals surface area (Å²) in [4.78, 5) is 0. The van der Waals surface area contributed by atoms with Crippen LogP contribution in [0, 0.1) is 6.92 Å². The summed E-state index contributed by atoms with van der Waals surface area (Å²) < 4.78 is 26.8. The molecule has 0 aliphatic carbocycles. The van der Waals surface area contributed by atoms with Crippen LogP contribution in [-0.2, 0) is 7.05 Å². The molecule has 18 heavy (non-hydrogen) atoms. The van der Waals surface area contributed by atoms with Crippen LogP contribution in [0.4, 0.5) is 8.78 Å². The van der Waals surface area contributed by atoms with Crippen molar-refractivity contribution in [1.29, 1.82) is 0 Å². The van der Waals surface area contributed by atoms with Gasteiger partial charge in [0.1, 0.15) is 6.10 Å². The molecule has 1 heterocycles. The van der Waals surface area contributed by atoms with Crippen molar-refractivity contribution < 1.29 is 13.9 Å². The molecular formula is C13H14F2N2O. The second-order valence-corrected chi connectivity index (χ2v) is 4.21. The zero-order valence-electron chi connectivity index (χ0n) is 10.1. The summed E-state index contributed by atoms with van der Waals surface area (Å²) in [5.41, 5.74) is 1.79. The Morgan fingerprint density at radius 1 is 1.28 bits per heavy atom. The Morgan fingerprint density at radius 2 is 1.94 bits per heavy atom. The molecule has 1 aromatic heterocycles. The average molecular weight is 252 g/mol. The Balaban J connectivity index is 2.40. The molecule has 96 valence electrons. The van der Waals surface area contributed by atoms with Crippen LogP contribution >= 0.6 is 0 Å². The van der Waals surface area contributed by atoms with E-state index in [2.05, 4.69) is 5.10 Å². The van der Waals surface area contributed by atoms with Crippen LogP contribution in [0.15, 0.2) is 30.5 Å². The second kappa shape index (κ2) is 4.86. The summed E-state index contributed by atoms with van der Waals surface area (Å²) >= 11 is 0. The first kappa shape index (κ1) is 12.7. The smallest absolute Gasteiger partial charge is 0.263 e. The summed E-state index contributed by atoms with van der Waals surface area (Å²) in [6.07, 6.45) is -1.85. The molecule has 0 fully saturated rings. The third-order valence-corrected chi connectivity index (χ3v) is 2.91. The van der Waals surface area contributed by atoms with Crippen molar-refractivity contribution in [2.24, 2.45) is 7.05 Å². The minimum atomic E-state index is -2.54. The topological polar surface area (TPSA) is 38.0 Å². The molecule has 0 saturated heterocycles. The van der Waals surface area contributed by atoms with E-state index in [0.29, 0.717) is 11.3 Å². The Labute approximate surface area is 104 Å². The van der Waals surface area contributed by atoms with Gasteiger partial charge in [-0.25, -0.2) is 8.78 Å². The lowest BCUT2D eigenvalue weighted by atomic mass is 10.0. The van der Waals surface area contributed by atoms with Gasteiger partial charge in [0, 0.05) is 12.6 Å². The van der Waals surface area contributed by atoms with E-state index in [1.807, 2.05) is 6.92 Å². The standard InChI is InChI=1S/C13H14F2N2O/c1-8-7-16-17(2)11(8)12(18)9-4-3-5-10(6-9)13(14)15/h3-7,12-13,18H,1-2H3. The number of hydrogen-bond donors (Lipinski definition) is 1. The average Bonchev–Trinajstić information content (AvgIpc) is 2.68. The lowest BCUT2D eigenvalue weighted by Gasteiger charge is -2.14. The minimum absolute atomic E-state index is 0.0913. The van der Waals surface area contributed by atoms with Crippen molar-refractivity contribution >= 4 is 0 Å². The van der Waals surface area contributed by atoms with Gasteiger partial charge in [-0.15, -0.1) is 0 Å². The fourth-order valence-electron chi connectivity index (χ4n) is 1.97. The summed E-state index contributed by atoms with van der Waals surface area (Å²) in [7, 11) is 1.71. The van der Waals surface area contributed by atoms with E-state index in [0.717, 1.165) is 5.56 Å². The molecular weight excluding hydrogens is 238 g/mol. The number of aliphatic hydroxyl groups is 1. The third kappa shape index (κ3) is 2.26. The number of halogens is 2. The van der Waals surface area contributed by atoms with Crippen molar-refractivity contribution in [3.8, 4) is 0 Å². The number of alkyl halides is 2. The molecule has 1 aromatic carbocycles. The van der Waals surface area contributed by atoms with Gasteiger partial charge in [0.2, 0.25) is 0 Å². The number of aliphatic hydroxyl groups excluding tert-OH is 1. The van der Waals surface area contributed by atoms with E-state index in [1.165, 1.54) is 18.2 Å². The quantitative estimate of drug-likeness (QED) is 0.912. The van der Waals surface area contributed by atoms with Gasteiger partial charge in [0.15, 0.2) is 0 Å². The number of rotatable bonds is 3. The minimum Gasteiger partial charge on any atom is -0.382 e. The Bertz CT molecular complexity index is 532. The zero-order chi connectivity index (χ0) is 13.3. The molecule has 0 aliphatic rings. The van der Waals surface area contributed by atoms with Crippen molar-refractivity contribution in [2.75, 3.05) is 0 Å². The fourth-order valence-corrected chi connectivity index (χ4v) is 1.97. The first-order valence-electron chi connectivity index (χ1n) is 5.55. The van der Waals surface area contributed by atoms with Crippen LogP contribution in [0.25, 0.3) is 0 Å². The van der Waals surface area contributed by atoms with Gasteiger partial charge < -0.3 is 5.11 Å². The normalized spacial score (nSPS) is 13.0. The highest BCUT2D eigenvalue weighted by Crippen LogP contribution is 2.27. The maximum absolute atomic E-state index is 12.6. The van der Waals surface area contributed by atoms with Crippen LogP contribution in [0.1, 0.15) is 34.9 Å². The number of hydrogen-bond acceptors (Lipinski definition) is 2. The summed E-state index contributed by atoms with van der Waals surface area (Å²) in [6, 6.07) is 5.81. The number of benzene rings is 1. The lowest BCUT2D eigenvalue weighted by Crippen LogP contribution is -2.08. The van der Waals surface area contributed by atoms with Gasteiger partial charge in [-0.05, 0) is 24.1 Å². The summed E-state index contributed by atoms with van der Waals surface area (Å²) in [6.45, 7) is 1.82. The van der Waals surface area contributed by atoms with Crippen LogP contribution in [0.3, 0.4) is 0 Å². The highest BCUT2D eigenvalue weighted by atomic mass is 19.3. The molecule has 0 amide bonds. The van der Waals surface area contributed by atoms with Crippen molar-refractivity contribution in [1.82, 2.24) is 9.78 Å². The molecule has 1 N–H and O–H groups in total. The molecule has 0 bridgehead atoms. The first-order chi connectivity index (χ1) is 8.50. The second-order valence-electron chi connectivity index (χ2n) is 4.21. The van der Waals surface area contributed by atoms with E-state index in [4.69, 9.17) is 0 Å². The van der Waals surface area contributed by atoms with Gasteiger partial charge in [-0.3, -0.25) is 4.68 Å². The molecule has 2 rings (SSSR count). The number of aromatic nitrogens is 2. The first-order valence-corrected chi connectivity index (χ1v) is 5.55. The van der Waals surface area contributed by atoms with Crippen molar-refractivity contribution in [2.45, 2.75) is 19.5 Å². The summed E-state index contributed by atoms with van der Waals surface area (Å²) in [5.74, 6) is 0. The van der Waals surface area contributed by atoms with Gasteiger partial charge in [0.05, 0.1) is 11.9 Å². The molecule has 3 nitrogen and oxygen atoms in total. The molecule has 1 unspecified atom stereocenters. The van der Waals surface area contributed by atoms with Gasteiger partial charge >= 0.3 is 0 Å². The molecule has 0 radical (unpaired) electrons. The van der Waals surface area contributed by atoms with Crippen molar-refractivity contribution in [3.05, 3.63) is 52.8 Å². The Morgan fingerprint density at radius 3 is 2.50 bits per heavy atom. The van der Waals surface area contributed by atoms with E-state index >= 15 is 0 Å². The molecule has 0 aliphatic heterocycles. The predicted octanol–water partition coefficient (Wildman–Crippen LogP) is 2.75. The number of nitrogens with zero attached hydrogens (tertiary/aromatic N) is 2. The van der Waals surface area contributed by atoms with Crippen LogP contribution in [-0.4, -0.2) is 14.9 Å². The van der Waals surface area contributed by atoms with Crippen LogP contribution in [0.2, 0.25) is 0 Å². The molecule has 0 saturated carbocycles. The summed E-state index contributed by atoms with van der Waals surface area (Å²) in [5, 5.41) is 14.3. The zero-order valence-corrected chi connectivity index (χ0v) is 10.1. The van der Waals surface area contributed by atoms with Crippen LogP contribution < -0.4 is 0 Å². The van der Waals surface area contributed by atoms with E-state index in [-0.39, 0.29) is 5.56 Å². The molecule has 2 aromatic rings. The predicted molar refractivity (Wildman–Crippen MR) is 63.4 cm³/mol. The maximum Gasteiger partial charge on any atom is 0.263 e. The van der Waals surface area contributed by atoms with E-state index in [1.54, 1.807) is 24.0 Å². The van der Waals surface area contributed by atoms with Crippen molar-refractivity contribution in [3.63, 3.8) is 0 Å². The van der Waals surface area contributed by atoms with Gasteiger partial charge in [-0.2, -0.15) is 5.10 Å². The Hall–Kier alpha value is -1.75. The molecule has 5 heteroatoms. The highest BCUT2D eigenvalue weighted by Gasteiger charge is 2.18. The highest BCUT2D eigenvalue weighted by molar-refractivity contribution is 5.33. The third-order valence-electron chi connectivity index (χ3n) is 2.91. The molecule has 1 atom stereocenters. The maximum atomic E-state index is 12.6. The largest absolute Gasteiger partial charge is 0.382 e. The van der Waals surface area contributed by atoms with E-state index in [9.17, 15) is 13.9 Å². The fraction of sp³-hybridized carbons (Fsp3) is 0.308. The number of aryl methyl sites for hydroxylation is 2. The monoisotopic (exact) mass is 252 g/mol. The van der Waals surface area contributed by atoms with E-state index < -0.39 is 12.5 Å². The van der Waals surface area contributed by atoms with Gasteiger partial charge in [-0.1, -0.05) is 18.2 Å². The SMILES string of the molecule is Cc1cnn(C)c1C(O)c1cccc(C(F)F)c1. The Kier molecular flexibility index (Phi) is 3.43.